The van der Waals surface area contributed by atoms with Gasteiger partial charge in [-0.05, 0) is 44.6 Å². The highest BCUT2D eigenvalue weighted by atomic mass is 127. The van der Waals surface area contributed by atoms with E-state index in [1.54, 1.807) is 6.20 Å². The molecule has 64 valence electrons. The van der Waals surface area contributed by atoms with Crippen LogP contribution in [0.4, 0.5) is 0 Å². The molecule has 4 N–H and O–H groups in total. The Kier molecular flexibility index (Phi) is 3.02. The molecule has 0 saturated carbocycles. The summed E-state index contributed by atoms with van der Waals surface area (Å²) < 4.78 is 2.00. The Morgan fingerprint density at radius 1 is 1.50 bits per heavy atom. The third-order valence-corrected chi connectivity index (χ3v) is 2.59. The monoisotopic (exact) mass is 340 g/mol. The molecular formula is C6H6BrIN4. The highest BCUT2D eigenvalue weighted by Crippen LogP contribution is 2.19. The molecule has 4 nitrogen and oxygen atoms in total. The van der Waals surface area contributed by atoms with Crippen LogP contribution in [0.1, 0.15) is 0 Å². The van der Waals surface area contributed by atoms with Gasteiger partial charge in [0.25, 0.3) is 0 Å². The third-order valence-electron chi connectivity index (χ3n) is 1.33. The van der Waals surface area contributed by atoms with Crippen LogP contribution >= 0.6 is 38.5 Å². The average molecular weight is 341 g/mol. The Morgan fingerprint density at radius 2 is 2.25 bits per heavy atom. The fraction of sp³-hybridized carbons (Fsp3) is 0. The van der Waals surface area contributed by atoms with E-state index in [0.29, 0.717) is 0 Å². The lowest BCUT2D eigenvalue weighted by Gasteiger charge is -1.88. The number of aromatic amines is 1. The molecule has 0 aliphatic heterocycles. The maximum absolute atomic E-state index is 4.11. The largest absolute Gasteiger partial charge is 0.344 e. The summed E-state index contributed by atoms with van der Waals surface area (Å²) >= 11 is 5.53. The number of hydrogen-bond acceptors (Lipinski definition) is 3. The van der Waals surface area contributed by atoms with Crippen LogP contribution in [0, 0.1) is 3.70 Å². The van der Waals surface area contributed by atoms with Crippen molar-refractivity contribution in [1.82, 2.24) is 21.3 Å². The van der Waals surface area contributed by atoms with E-state index in [9.17, 15) is 0 Å². The standard InChI is InChI=1S/C6H3BrIN3.H3N/c7-3-1-4-5(8)10-11-6(4)9-2-3;/h1-2H,(H,9,10,11);1H3. The highest BCUT2D eigenvalue weighted by molar-refractivity contribution is 14.1. The second-order valence-electron chi connectivity index (χ2n) is 2.06. The Morgan fingerprint density at radius 3 is 3.00 bits per heavy atom. The van der Waals surface area contributed by atoms with Crippen molar-refractivity contribution in [2.75, 3.05) is 0 Å². The van der Waals surface area contributed by atoms with Crippen molar-refractivity contribution >= 4 is 49.6 Å². The molecule has 2 aromatic heterocycles. The highest BCUT2D eigenvalue weighted by Gasteiger charge is 2.02. The van der Waals surface area contributed by atoms with Gasteiger partial charge in [-0.25, -0.2) is 4.98 Å². The first-order valence-electron chi connectivity index (χ1n) is 2.92. The van der Waals surface area contributed by atoms with Crippen LogP contribution in [-0.4, -0.2) is 15.2 Å². The Balaban J connectivity index is 0.000000720. The van der Waals surface area contributed by atoms with Crippen LogP contribution in [0.25, 0.3) is 11.0 Å². The zero-order valence-corrected chi connectivity index (χ0v) is 9.76. The van der Waals surface area contributed by atoms with Gasteiger partial charge in [0.05, 0.1) is 5.39 Å². The lowest BCUT2D eigenvalue weighted by Crippen LogP contribution is -1.75. The summed E-state index contributed by atoms with van der Waals surface area (Å²) in [7, 11) is 0. The van der Waals surface area contributed by atoms with Crippen LogP contribution in [0.15, 0.2) is 16.7 Å². The van der Waals surface area contributed by atoms with Gasteiger partial charge in [0.2, 0.25) is 0 Å². The number of nitrogens with one attached hydrogen (secondary N) is 1. The number of hydrogen-bond donors (Lipinski definition) is 2. The van der Waals surface area contributed by atoms with Crippen molar-refractivity contribution in [1.29, 1.82) is 0 Å². The molecule has 0 atom stereocenters. The van der Waals surface area contributed by atoms with Gasteiger partial charge in [-0.1, -0.05) is 0 Å². The van der Waals surface area contributed by atoms with Crippen LogP contribution in [0.3, 0.4) is 0 Å². The van der Waals surface area contributed by atoms with E-state index in [2.05, 4.69) is 53.7 Å². The first-order chi connectivity index (χ1) is 5.27. The van der Waals surface area contributed by atoms with Gasteiger partial charge in [-0.2, -0.15) is 5.10 Å². The molecule has 0 saturated heterocycles. The normalized spacial score (nSPS) is 9.83. The van der Waals surface area contributed by atoms with Gasteiger partial charge in [-0.3, -0.25) is 5.10 Å². The minimum absolute atomic E-state index is 0. The molecule has 0 radical (unpaired) electrons. The molecule has 12 heavy (non-hydrogen) atoms. The second-order valence-corrected chi connectivity index (χ2v) is 4.06. The molecule has 0 aliphatic carbocycles. The fourth-order valence-corrected chi connectivity index (χ4v) is 1.69. The van der Waals surface area contributed by atoms with Crippen molar-refractivity contribution in [2.45, 2.75) is 0 Å². The molecule has 6 heteroatoms. The molecule has 0 aliphatic rings. The van der Waals surface area contributed by atoms with Crippen molar-refractivity contribution in [3.8, 4) is 0 Å². The molecule has 0 spiro atoms. The fourth-order valence-electron chi connectivity index (χ4n) is 0.845. The first kappa shape index (κ1) is 9.87. The average Bonchev–Trinajstić information content (AvgIpc) is 2.33. The van der Waals surface area contributed by atoms with Crippen molar-refractivity contribution in [3.05, 3.63) is 20.4 Å². The van der Waals surface area contributed by atoms with Crippen LogP contribution in [-0.2, 0) is 0 Å². The van der Waals surface area contributed by atoms with Crippen LogP contribution in [0.5, 0.6) is 0 Å². The van der Waals surface area contributed by atoms with E-state index in [1.807, 2.05) is 6.07 Å². The summed E-state index contributed by atoms with van der Waals surface area (Å²) in [5.41, 5.74) is 0.762. The van der Waals surface area contributed by atoms with Gasteiger partial charge < -0.3 is 6.15 Å². The summed E-state index contributed by atoms with van der Waals surface area (Å²) in [6, 6.07) is 1.99. The van der Waals surface area contributed by atoms with Gasteiger partial charge in [-0.15, -0.1) is 0 Å². The summed E-state index contributed by atoms with van der Waals surface area (Å²) in [6.45, 7) is 0. The van der Waals surface area contributed by atoms with Gasteiger partial charge in [0, 0.05) is 10.7 Å². The number of H-pyrrole nitrogens is 1. The lowest BCUT2D eigenvalue weighted by molar-refractivity contribution is 1.08. The van der Waals surface area contributed by atoms with Crippen LogP contribution in [0.2, 0.25) is 0 Å². The molecule has 0 fully saturated rings. The van der Waals surface area contributed by atoms with Crippen molar-refractivity contribution in [3.63, 3.8) is 0 Å². The number of halogens is 2. The van der Waals surface area contributed by atoms with E-state index in [4.69, 9.17) is 0 Å². The quantitative estimate of drug-likeness (QED) is 0.723. The molecule has 2 aromatic rings. The number of fused-ring (bicyclic) bond motifs is 1. The molecule has 0 amide bonds. The van der Waals surface area contributed by atoms with E-state index < -0.39 is 0 Å². The number of nitrogens with zero attached hydrogens (tertiary/aromatic N) is 2. The lowest BCUT2D eigenvalue weighted by atomic mass is 10.4. The molecule has 0 unspecified atom stereocenters. The summed E-state index contributed by atoms with van der Waals surface area (Å²) in [6.07, 6.45) is 1.74. The minimum atomic E-state index is 0. The first-order valence-corrected chi connectivity index (χ1v) is 4.79. The third kappa shape index (κ3) is 1.59. The SMILES string of the molecule is Brc1cnc2n[nH]c(I)c2c1.N. The number of aromatic nitrogens is 3. The predicted octanol–water partition coefficient (Wildman–Crippen LogP) is 2.49. The van der Waals surface area contributed by atoms with Crippen molar-refractivity contribution < 1.29 is 0 Å². The second kappa shape index (κ2) is 3.67. The summed E-state index contributed by atoms with van der Waals surface area (Å²) in [5, 5.41) is 7.91. The minimum Gasteiger partial charge on any atom is -0.344 e. The van der Waals surface area contributed by atoms with Crippen LogP contribution < -0.4 is 6.15 Å². The molecule has 0 bridgehead atoms. The molecular weight excluding hydrogens is 335 g/mol. The van der Waals surface area contributed by atoms with Gasteiger partial charge >= 0.3 is 0 Å². The smallest absolute Gasteiger partial charge is 0.182 e. The Bertz CT molecular complexity index is 399. The predicted molar refractivity (Wildman–Crippen MR) is 59.3 cm³/mol. The van der Waals surface area contributed by atoms with Gasteiger partial charge in [0.1, 0.15) is 3.70 Å². The summed E-state index contributed by atoms with van der Waals surface area (Å²) in [5.74, 6) is 0. The maximum atomic E-state index is 4.11. The van der Waals surface area contributed by atoms with E-state index in [-0.39, 0.29) is 6.15 Å². The molecule has 2 heterocycles. The zero-order chi connectivity index (χ0) is 7.84. The van der Waals surface area contributed by atoms with Gasteiger partial charge in [0.15, 0.2) is 5.65 Å². The molecule has 2 rings (SSSR count). The summed E-state index contributed by atoms with van der Waals surface area (Å²) in [4.78, 5) is 4.11. The topological polar surface area (TPSA) is 76.6 Å². The zero-order valence-electron chi connectivity index (χ0n) is 6.01. The van der Waals surface area contributed by atoms with E-state index in [0.717, 1.165) is 19.2 Å². The number of rotatable bonds is 0. The molecule has 0 aromatic carbocycles. The Labute approximate surface area is 91.0 Å². The van der Waals surface area contributed by atoms with E-state index >= 15 is 0 Å². The Hall–Kier alpha value is -0.210. The maximum Gasteiger partial charge on any atom is 0.182 e. The number of pyridine rings is 1. The van der Waals surface area contributed by atoms with Crippen molar-refractivity contribution in [2.24, 2.45) is 0 Å². The van der Waals surface area contributed by atoms with E-state index in [1.165, 1.54) is 0 Å².